The Morgan fingerprint density at radius 3 is 2.06 bits per heavy atom. The molecular formula is C19H22Cl2N2O6S2. The van der Waals surface area contributed by atoms with E-state index in [9.17, 15) is 16.8 Å². The quantitative estimate of drug-likeness (QED) is 0.338. The summed E-state index contributed by atoms with van der Waals surface area (Å²) < 4.78 is 54.4. The monoisotopic (exact) mass is 508 g/mol. The van der Waals surface area contributed by atoms with Crippen LogP contribution in [0.4, 0.5) is 11.4 Å². The van der Waals surface area contributed by atoms with Gasteiger partial charge in [-0.3, -0.25) is 13.4 Å². The highest BCUT2D eigenvalue weighted by Crippen LogP contribution is 2.24. The summed E-state index contributed by atoms with van der Waals surface area (Å²) in [6.45, 7) is 0.111. The van der Waals surface area contributed by atoms with Gasteiger partial charge in [-0.2, -0.15) is 16.8 Å². The van der Waals surface area contributed by atoms with Crippen LogP contribution in [-0.4, -0.2) is 61.9 Å². The summed E-state index contributed by atoms with van der Waals surface area (Å²) in [5.74, 6) is 0. The molecule has 8 nitrogen and oxygen atoms in total. The van der Waals surface area contributed by atoms with Gasteiger partial charge in [-0.05, 0) is 36.4 Å². The SMILES string of the molecule is CS(=O)(=O)OCCN(CCOS(C)(=O)=O)c1ccc(C=Nc2cccc(Cl)c2)c(Cl)c1. The molecule has 0 N–H and O–H groups in total. The lowest BCUT2D eigenvalue weighted by atomic mass is 10.2. The van der Waals surface area contributed by atoms with E-state index in [4.69, 9.17) is 31.6 Å². The zero-order chi connectivity index (χ0) is 23.1. The van der Waals surface area contributed by atoms with Crippen LogP contribution >= 0.6 is 23.2 Å². The van der Waals surface area contributed by atoms with Gasteiger partial charge in [0.05, 0.1) is 36.4 Å². The molecular weight excluding hydrogens is 487 g/mol. The number of halogens is 2. The van der Waals surface area contributed by atoms with Crippen LogP contribution in [0, 0.1) is 0 Å². The van der Waals surface area contributed by atoms with Gasteiger partial charge in [-0.25, -0.2) is 0 Å². The van der Waals surface area contributed by atoms with Crippen molar-refractivity contribution in [2.45, 2.75) is 0 Å². The van der Waals surface area contributed by atoms with Crippen LogP contribution in [0.1, 0.15) is 5.56 Å². The number of rotatable bonds is 11. The summed E-state index contributed by atoms with van der Waals surface area (Å²) in [6, 6.07) is 12.2. The minimum absolute atomic E-state index is 0.118. The van der Waals surface area contributed by atoms with Gasteiger partial charge in [0.1, 0.15) is 0 Å². The van der Waals surface area contributed by atoms with Gasteiger partial charge >= 0.3 is 0 Å². The molecule has 0 bridgehead atoms. The molecule has 2 rings (SSSR count). The van der Waals surface area contributed by atoms with E-state index < -0.39 is 20.2 Å². The van der Waals surface area contributed by atoms with Crippen LogP contribution < -0.4 is 4.90 Å². The van der Waals surface area contributed by atoms with Crippen molar-refractivity contribution >= 4 is 61.0 Å². The minimum Gasteiger partial charge on any atom is -0.367 e. The second-order valence-electron chi connectivity index (χ2n) is 6.48. The molecule has 0 aliphatic carbocycles. The summed E-state index contributed by atoms with van der Waals surface area (Å²) in [5, 5.41) is 0.973. The summed E-state index contributed by atoms with van der Waals surface area (Å²) in [5.41, 5.74) is 1.97. The van der Waals surface area contributed by atoms with E-state index >= 15 is 0 Å². The summed E-state index contributed by atoms with van der Waals surface area (Å²) in [4.78, 5) is 6.05. The van der Waals surface area contributed by atoms with E-state index in [2.05, 4.69) is 4.99 Å². The fourth-order valence-corrected chi connectivity index (χ4v) is 3.65. The van der Waals surface area contributed by atoms with E-state index in [1.165, 1.54) is 0 Å². The molecule has 0 amide bonds. The molecule has 12 heteroatoms. The van der Waals surface area contributed by atoms with Crippen LogP contribution in [0.2, 0.25) is 10.0 Å². The number of aliphatic imine (C=N–C) groups is 1. The maximum absolute atomic E-state index is 11.2. The largest absolute Gasteiger partial charge is 0.367 e. The predicted molar refractivity (Wildman–Crippen MR) is 124 cm³/mol. The highest BCUT2D eigenvalue weighted by molar-refractivity contribution is 7.86. The third kappa shape index (κ3) is 9.98. The molecule has 0 saturated carbocycles. The van der Waals surface area contributed by atoms with Gasteiger partial charge in [-0.1, -0.05) is 29.3 Å². The van der Waals surface area contributed by atoms with Crippen molar-refractivity contribution in [1.82, 2.24) is 0 Å². The molecule has 0 aromatic heterocycles. The van der Waals surface area contributed by atoms with E-state index in [1.807, 2.05) is 0 Å². The number of benzene rings is 2. The molecule has 0 unspecified atom stereocenters. The fourth-order valence-electron chi connectivity index (χ4n) is 2.49. The molecule has 0 radical (unpaired) electrons. The van der Waals surface area contributed by atoms with Gasteiger partial charge in [0.25, 0.3) is 20.2 Å². The maximum Gasteiger partial charge on any atom is 0.264 e. The summed E-state index contributed by atoms with van der Waals surface area (Å²) >= 11 is 12.3. The van der Waals surface area contributed by atoms with Gasteiger partial charge in [0.15, 0.2) is 0 Å². The molecule has 170 valence electrons. The maximum atomic E-state index is 11.2. The van der Waals surface area contributed by atoms with E-state index in [0.29, 0.717) is 27.0 Å². The van der Waals surface area contributed by atoms with Gasteiger partial charge < -0.3 is 4.90 Å². The first kappa shape index (κ1) is 25.6. The number of anilines is 1. The van der Waals surface area contributed by atoms with Crippen LogP contribution in [0.25, 0.3) is 0 Å². The number of hydrogen-bond donors (Lipinski definition) is 0. The first-order valence-corrected chi connectivity index (χ1v) is 13.3. The van der Waals surface area contributed by atoms with Gasteiger partial charge in [0, 0.05) is 35.6 Å². The smallest absolute Gasteiger partial charge is 0.264 e. The van der Waals surface area contributed by atoms with Gasteiger partial charge in [0.2, 0.25) is 0 Å². The molecule has 2 aromatic carbocycles. The van der Waals surface area contributed by atoms with Crippen molar-refractivity contribution in [2.24, 2.45) is 4.99 Å². The zero-order valence-electron chi connectivity index (χ0n) is 16.9. The van der Waals surface area contributed by atoms with Crippen LogP contribution in [0.5, 0.6) is 0 Å². The second-order valence-corrected chi connectivity index (χ2v) is 10.6. The Balaban J connectivity index is 2.16. The molecule has 0 atom stereocenters. The first-order valence-electron chi connectivity index (χ1n) is 8.96. The lowest BCUT2D eigenvalue weighted by Crippen LogP contribution is -2.32. The number of hydrogen-bond acceptors (Lipinski definition) is 8. The van der Waals surface area contributed by atoms with Crippen molar-refractivity contribution in [2.75, 3.05) is 43.7 Å². The Hall–Kier alpha value is -1.69. The van der Waals surface area contributed by atoms with Gasteiger partial charge in [-0.15, -0.1) is 0 Å². The minimum atomic E-state index is -3.60. The highest BCUT2D eigenvalue weighted by Gasteiger charge is 2.12. The Bertz CT molecular complexity index is 1100. The molecule has 0 fully saturated rings. The Kier molecular flexibility index (Phi) is 9.28. The van der Waals surface area contributed by atoms with E-state index in [1.54, 1.807) is 53.6 Å². The van der Waals surface area contributed by atoms with E-state index in [0.717, 1.165) is 12.5 Å². The molecule has 0 heterocycles. The molecule has 0 spiro atoms. The van der Waals surface area contributed by atoms with Crippen LogP contribution in [-0.2, 0) is 28.6 Å². The van der Waals surface area contributed by atoms with Crippen molar-refractivity contribution < 1.29 is 25.2 Å². The third-order valence-electron chi connectivity index (χ3n) is 3.83. The molecule has 2 aromatic rings. The zero-order valence-corrected chi connectivity index (χ0v) is 20.0. The standard InChI is InChI=1S/C19H22Cl2N2O6S2/c1-30(24,25)28-10-8-23(9-11-29-31(2,26)27)18-7-6-15(19(21)13-18)14-22-17-5-3-4-16(20)12-17/h3-7,12-14H,8-11H2,1-2H3. The lowest BCUT2D eigenvalue weighted by Gasteiger charge is -2.24. The molecule has 0 aliphatic rings. The summed E-state index contributed by atoms with van der Waals surface area (Å²) in [6.07, 6.45) is 3.51. The number of nitrogens with zero attached hydrogens (tertiary/aromatic N) is 2. The fraction of sp³-hybridized carbons (Fsp3) is 0.316. The van der Waals surface area contributed by atoms with Crippen molar-refractivity contribution in [3.8, 4) is 0 Å². The molecule has 0 aliphatic heterocycles. The topological polar surface area (TPSA) is 102 Å². The highest BCUT2D eigenvalue weighted by atomic mass is 35.5. The molecule has 0 saturated heterocycles. The van der Waals surface area contributed by atoms with Crippen LogP contribution in [0.15, 0.2) is 47.5 Å². The predicted octanol–water partition coefficient (Wildman–Crippen LogP) is 3.50. The lowest BCUT2D eigenvalue weighted by molar-refractivity contribution is 0.309. The van der Waals surface area contributed by atoms with Crippen LogP contribution in [0.3, 0.4) is 0 Å². The van der Waals surface area contributed by atoms with E-state index in [-0.39, 0.29) is 26.3 Å². The Morgan fingerprint density at radius 2 is 1.55 bits per heavy atom. The Labute approximate surface area is 192 Å². The third-order valence-corrected chi connectivity index (χ3v) is 5.58. The Morgan fingerprint density at radius 1 is 0.935 bits per heavy atom. The average Bonchev–Trinajstić information content (AvgIpc) is 2.64. The first-order chi connectivity index (χ1) is 14.4. The normalized spacial score (nSPS) is 12.4. The van der Waals surface area contributed by atoms with Crippen molar-refractivity contribution in [1.29, 1.82) is 0 Å². The summed E-state index contributed by atoms with van der Waals surface area (Å²) in [7, 11) is -7.21. The average molecular weight is 509 g/mol. The van der Waals surface area contributed by atoms with Crippen molar-refractivity contribution in [3.63, 3.8) is 0 Å². The molecule has 31 heavy (non-hydrogen) atoms. The second kappa shape index (κ2) is 11.3. The van der Waals surface area contributed by atoms with Crippen molar-refractivity contribution in [3.05, 3.63) is 58.1 Å².